The van der Waals surface area contributed by atoms with E-state index >= 15 is 0 Å². The molecule has 0 aliphatic heterocycles. The first-order valence-electron chi connectivity index (χ1n) is 4.38. The Bertz CT molecular complexity index is 363. The summed E-state index contributed by atoms with van der Waals surface area (Å²) in [6.45, 7) is 0. The summed E-state index contributed by atoms with van der Waals surface area (Å²) >= 11 is 0. The first-order valence-corrected chi connectivity index (χ1v) is 4.38. The van der Waals surface area contributed by atoms with Gasteiger partial charge in [-0.2, -0.15) is 0 Å². The smallest absolute Gasteiger partial charge is 0.415 e. The van der Waals surface area contributed by atoms with E-state index in [1.807, 2.05) is 6.07 Å². The third kappa shape index (κ3) is 1.49. The molecule has 0 spiro atoms. The molecule has 2 rings (SSSR count). The zero-order valence-corrected chi connectivity index (χ0v) is 7.23. The second kappa shape index (κ2) is 3.09. The maximum atomic E-state index is 10.6. The van der Waals surface area contributed by atoms with Gasteiger partial charge in [0.05, 0.1) is 0 Å². The van der Waals surface area contributed by atoms with E-state index in [-0.39, 0.29) is 0 Å². The highest BCUT2D eigenvalue weighted by molar-refractivity contribution is 5.72. The van der Waals surface area contributed by atoms with Crippen molar-refractivity contribution in [2.45, 2.75) is 19.3 Å². The van der Waals surface area contributed by atoms with E-state index in [1.54, 1.807) is 12.4 Å². The minimum Gasteiger partial charge on any atom is -0.464 e. The Morgan fingerprint density at radius 1 is 1.54 bits per heavy atom. The molecule has 1 aliphatic carbocycles. The molecule has 13 heavy (non-hydrogen) atoms. The van der Waals surface area contributed by atoms with Crippen molar-refractivity contribution in [2.24, 2.45) is 0 Å². The van der Waals surface area contributed by atoms with Crippen LogP contribution in [0.25, 0.3) is 5.57 Å². The van der Waals surface area contributed by atoms with Crippen LogP contribution in [0.4, 0.5) is 4.79 Å². The topological polar surface area (TPSA) is 42.2 Å². The van der Waals surface area contributed by atoms with Crippen molar-refractivity contribution in [1.82, 2.24) is 4.57 Å². The van der Waals surface area contributed by atoms with Crippen LogP contribution in [0.3, 0.4) is 0 Å². The van der Waals surface area contributed by atoms with Crippen molar-refractivity contribution in [2.75, 3.05) is 0 Å². The second-order valence-corrected chi connectivity index (χ2v) is 3.21. The Morgan fingerprint density at radius 2 is 2.38 bits per heavy atom. The molecule has 0 saturated heterocycles. The summed E-state index contributed by atoms with van der Waals surface area (Å²) in [6, 6.07) is 1.85. The summed E-state index contributed by atoms with van der Waals surface area (Å²) in [5.41, 5.74) is 2.32. The number of nitrogens with zero attached hydrogens (tertiary/aromatic N) is 1. The molecule has 0 bridgehead atoms. The molecule has 0 amide bonds. The molecule has 0 unspecified atom stereocenters. The molecule has 0 saturated carbocycles. The summed E-state index contributed by atoms with van der Waals surface area (Å²) in [4.78, 5) is 10.6. The molecular weight excluding hydrogens is 166 g/mol. The second-order valence-electron chi connectivity index (χ2n) is 3.21. The number of carbonyl (C=O) groups is 1. The fourth-order valence-electron chi connectivity index (χ4n) is 1.64. The summed E-state index contributed by atoms with van der Waals surface area (Å²) in [7, 11) is 0. The van der Waals surface area contributed by atoms with E-state index in [9.17, 15) is 4.79 Å². The number of aromatic nitrogens is 1. The van der Waals surface area contributed by atoms with Crippen LogP contribution in [-0.4, -0.2) is 15.8 Å². The first-order chi connectivity index (χ1) is 6.27. The summed E-state index contributed by atoms with van der Waals surface area (Å²) in [6.07, 6.45) is 7.88. The zero-order valence-electron chi connectivity index (χ0n) is 7.23. The van der Waals surface area contributed by atoms with Crippen LogP contribution in [0, 0.1) is 0 Å². The lowest BCUT2D eigenvalue weighted by atomic mass is 10.1. The maximum absolute atomic E-state index is 10.6. The molecule has 0 atom stereocenters. The van der Waals surface area contributed by atoms with Gasteiger partial charge in [-0.1, -0.05) is 6.08 Å². The van der Waals surface area contributed by atoms with Crippen molar-refractivity contribution in [1.29, 1.82) is 0 Å². The molecule has 3 heteroatoms. The molecular formula is C10H11NO2. The largest absolute Gasteiger partial charge is 0.464 e. The van der Waals surface area contributed by atoms with Gasteiger partial charge in [0, 0.05) is 12.4 Å². The van der Waals surface area contributed by atoms with Crippen LogP contribution in [0.5, 0.6) is 0 Å². The molecule has 1 heterocycles. The number of hydrogen-bond donors (Lipinski definition) is 1. The van der Waals surface area contributed by atoms with Gasteiger partial charge in [0.25, 0.3) is 0 Å². The van der Waals surface area contributed by atoms with Crippen LogP contribution in [0.1, 0.15) is 24.8 Å². The number of rotatable bonds is 1. The zero-order chi connectivity index (χ0) is 9.26. The molecule has 1 aromatic rings. The average Bonchev–Trinajstić information content (AvgIpc) is 2.75. The molecule has 3 nitrogen and oxygen atoms in total. The molecule has 68 valence electrons. The Labute approximate surface area is 76.3 Å². The van der Waals surface area contributed by atoms with Gasteiger partial charge in [-0.05, 0) is 36.5 Å². The van der Waals surface area contributed by atoms with Gasteiger partial charge in [-0.25, -0.2) is 4.79 Å². The number of allylic oxidation sites excluding steroid dienone is 2. The van der Waals surface area contributed by atoms with Gasteiger partial charge in [-0.15, -0.1) is 0 Å². The van der Waals surface area contributed by atoms with E-state index in [0.717, 1.165) is 18.4 Å². The van der Waals surface area contributed by atoms with Crippen LogP contribution < -0.4 is 0 Å². The van der Waals surface area contributed by atoms with E-state index in [4.69, 9.17) is 5.11 Å². The van der Waals surface area contributed by atoms with E-state index in [1.165, 1.54) is 16.6 Å². The van der Waals surface area contributed by atoms with Crippen molar-refractivity contribution < 1.29 is 9.90 Å². The van der Waals surface area contributed by atoms with Gasteiger partial charge in [0.1, 0.15) is 0 Å². The Morgan fingerprint density at radius 3 is 2.92 bits per heavy atom. The minimum absolute atomic E-state index is 0.926. The van der Waals surface area contributed by atoms with Crippen molar-refractivity contribution >= 4 is 11.7 Å². The third-order valence-corrected chi connectivity index (χ3v) is 2.33. The van der Waals surface area contributed by atoms with Gasteiger partial charge in [0.2, 0.25) is 0 Å². The summed E-state index contributed by atoms with van der Waals surface area (Å²) in [5.74, 6) is 0. The Kier molecular flexibility index (Phi) is 1.93. The lowest BCUT2D eigenvalue weighted by Gasteiger charge is -1.95. The highest BCUT2D eigenvalue weighted by atomic mass is 16.4. The fraction of sp³-hybridized carbons (Fsp3) is 0.300. The van der Waals surface area contributed by atoms with Crippen LogP contribution >= 0.6 is 0 Å². The summed E-state index contributed by atoms with van der Waals surface area (Å²) < 4.78 is 1.19. The SMILES string of the molecule is O=C(O)n1ccc(C2=CCCC2)c1. The van der Waals surface area contributed by atoms with Crippen molar-refractivity contribution in [3.05, 3.63) is 30.1 Å². The molecule has 0 fully saturated rings. The molecule has 0 aromatic carbocycles. The van der Waals surface area contributed by atoms with E-state index in [2.05, 4.69) is 6.08 Å². The monoisotopic (exact) mass is 177 g/mol. The summed E-state index contributed by atoms with van der Waals surface area (Å²) in [5, 5.41) is 8.68. The highest BCUT2D eigenvalue weighted by Gasteiger charge is 2.09. The molecule has 1 aliphatic rings. The lowest BCUT2D eigenvalue weighted by molar-refractivity contribution is 0.196. The van der Waals surface area contributed by atoms with Gasteiger partial charge < -0.3 is 5.11 Å². The van der Waals surface area contributed by atoms with Crippen LogP contribution in [0.2, 0.25) is 0 Å². The number of hydrogen-bond acceptors (Lipinski definition) is 1. The molecule has 1 aromatic heterocycles. The minimum atomic E-state index is -0.926. The van der Waals surface area contributed by atoms with Crippen molar-refractivity contribution in [3.63, 3.8) is 0 Å². The Balaban J connectivity index is 2.27. The lowest BCUT2D eigenvalue weighted by Crippen LogP contribution is -2.03. The maximum Gasteiger partial charge on any atom is 0.415 e. The highest BCUT2D eigenvalue weighted by Crippen LogP contribution is 2.27. The van der Waals surface area contributed by atoms with Gasteiger partial charge in [0.15, 0.2) is 0 Å². The fourth-order valence-corrected chi connectivity index (χ4v) is 1.64. The van der Waals surface area contributed by atoms with E-state index < -0.39 is 6.09 Å². The van der Waals surface area contributed by atoms with Crippen molar-refractivity contribution in [3.8, 4) is 0 Å². The van der Waals surface area contributed by atoms with Gasteiger partial charge >= 0.3 is 6.09 Å². The Hall–Kier alpha value is -1.51. The van der Waals surface area contributed by atoms with Crippen LogP contribution in [0.15, 0.2) is 24.5 Å². The normalized spacial score (nSPS) is 15.8. The quantitative estimate of drug-likeness (QED) is 0.716. The van der Waals surface area contributed by atoms with Gasteiger partial charge in [-0.3, -0.25) is 4.57 Å². The van der Waals surface area contributed by atoms with Crippen LogP contribution in [-0.2, 0) is 0 Å². The number of carboxylic acid groups (broad SMARTS) is 1. The third-order valence-electron chi connectivity index (χ3n) is 2.33. The molecule has 0 radical (unpaired) electrons. The standard InChI is InChI=1S/C10H11NO2/c12-10(13)11-6-5-9(7-11)8-3-1-2-4-8/h3,5-7H,1-2,4H2,(H,12,13). The predicted octanol–water partition coefficient (Wildman–Crippen LogP) is 2.58. The average molecular weight is 177 g/mol. The first kappa shape index (κ1) is 8.10. The van der Waals surface area contributed by atoms with E-state index in [0.29, 0.717) is 0 Å². The predicted molar refractivity (Wildman–Crippen MR) is 49.7 cm³/mol. The molecule has 1 N–H and O–H groups in total.